The fraction of sp³-hybridized carbons (Fsp3) is 0.278. The highest BCUT2D eigenvalue weighted by atomic mass is 35.5. The number of alkyl halides is 1. The van der Waals surface area contributed by atoms with Gasteiger partial charge in [-0.15, -0.1) is 11.6 Å². The summed E-state index contributed by atoms with van der Waals surface area (Å²) in [6.07, 6.45) is 4.97. The number of nitrogens with one attached hydrogen (secondary N) is 1. The van der Waals surface area contributed by atoms with Gasteiger partial charge >= 0.3 is 0 Å². The van der Waals surface area contributed by atoms with E-state index in [1.165, 1.54) is 0 Å². The molecule has 3 aliphatic rings. The Balaban J connectivity index is 1.75. The van der Waals surface area contributed by atoms with Crippen LogP contribution in [0.1, 0.15) is 24.0 Å². The highest BCUT2D eigenvalue weighted by Crippen LogP contribution is 2.57. The molecule has 4 rings (SSSR count). The molecule has 0 radical (unpaired) electrons. The molecule has 6 heteroatoms. The van der Waals surface area contributed by atoms with Crippen LogP contribution in [-0.4, -0.2) is 22.7 Å². The Morgan fingerprint density at radius 3 is 2.71 bits per heavy atom. The third-order valence-electron chi connectivity index (χ3n) is 4.74. The molecule has 2 aliphatic carbocycles. The van der Waals surface area contributed by atoms with Crippen LogP contribution in [0.25, 0.3) is 0 Å². The van der Waals surface area contributed by atoms with Crippen molar-refractivity contribution in [2.75, 3.05) is 0 Å². The van der Waals surface area contributed by atoms with Crippen molar-refractivity contribution in [3.8, 4) is 6.07 Å². The molecule has 1 aromatic carbocycles. The van der Waals surface area contributed by atoms with E-state index < -0.39 is 5.54 Å². The SMILES string of the molecule is N#Cc1ccc(C2=NC3(C4=CC=C(Cl)CC4Cl)CC3C(=O)N2)cc1. The van der Waals surface area contributed by atoms with Crippen molar-refractivity contribution >= 4 is 34.9 Å². The Bertz CT molecular complexity index is 863. The summed E-state index contributed by atoms with van der Waals surface area (Å²) in [5.74, 6) is 0.329. The maximum Gasteiger partial charge on any atom is 0.231 e. The first-order valence-corrected chi connectivity index (χ1v) is 8.47. The van der Waals surface area contributed by atoms with Gasteiger partial charge in [0.2, 0.25) is 5.91 Å². The number of hydrogen-bond acceptors (Lipinski definition) is 3. The number of nitrogens with zero attached hydrogens (tertiary/aromatic N) is 2. The summed E-state index contributed by atoms with van der Waals surface area (Å²) in [5.41, 5.74) is 1.75. The molecule has 0 aromatic heterocycles. The number of carbonyl (C=O) groups is 1. The largest absolute Gasteiger partial charge is 0.310 e. The van der Waals surface area contributed by atoms with Crippen LogP contribution >= 0.6 is 23.2 Å². The van der Waals surface area contributed by atoms with Gasteiger partial charge in [0, 0.05) is 17.0 Å². The van der Waals surface area contributed by atoms with Gasteiger partial charge in [0.1, 0.15) is 5.84 Å². The zero-order valence-corrected chi connectivity index (χ0v) is 14.1. The molecule has 3 atom stereocenters. The number of benzene rings is 1. The Morgan fingerprint density at radius 1 is 1.29 bits per heavy atom. The zero-order valence-electron chi connectivity index (χ0n) is 12.6. The highest BCUT2D eigenvalue weighted by molar-refractivity contribution is 6.31. The second kappa shape index (κ2) is 5.47. The average Bonchev–Trinajstić information content (AvgIpc) is 3.31. The van der Waals surface area contributed by atoms with Crippen molar-refractivity contribution in [2.45, 2.75) is 23.8 Å². The van der Waals surface area contributed by atoms with E-state index in [1.807, 2.05) is 12.2 Å². The molecule has 0 bridgehead atoms. The normalized spacial score (nSPS) is 31.0. The summed E-state index contributed by atoms with van der Waals surface area (Å²) in [5, 5.41) is 12.2. The first-order chi connectivity index (χ1) is 11.5. The van der Waals surface area contributed by atoms with Gasteiger partial charge in [-0.3, -0.25) is 9.79 Å². The van der Waals surface area contributed by atoms with E-state index in [-0.39, 0.29) is 17.2 Å². The fourth-order valence-electron chi connectivity index (χ4n) is 3.39. The molecule has 1 aromatic rings. The fourth-order valence-corrected chi connectivity index (χ4v) is 4.11. The molecular formula is C18H13Cl2N3O. The van der Waals surface area contributed by atoms with Crippen molar-refractivity contribution in [3.63, 3.8) is 0 Å². The number of fused-ring (bicyclic) bond motifs is 1. The molecule has 1 amide bonds. The number of hydrogen-bond donors (Lipinski definition) is 1. The Kier molecular flexibility index (Phi) is 3.52. The maximum absolute atomic E-state index is 12.4. The lowest BCUT2D eigenvalue weighted by Crippen LogP contribution is -2.42. The maximum atomic E-state index is 12.4. The predicted molar refractivity (Wildman–Crippen MR) is 93.0 cm³/mol. The Morgan fingerprint density at radius 2 is 2.04 bits per heavy atom. The van der Waals surface area contributed by atoms with Gasteiger partial charge in [-0.05, 0) is 42.3 Å². The Labute approximate surface area is 149 Å². The molecule has 0 saturated heterocycles. The number of halogens is 2. The summed E-state index contributed by atoms with van der Waals surface area (Å²) in [6.45, 7) is 0. The van der Waals surface area contributed by atoms with E-state index in [9.17, 15) is 4.79 Å². The van der Waals surface area contributed by atoms with Gasteiger partial charge in [0.25, 0.3) is 0 Å². The number of amidine groups is 1. The van der Waals surface area contributed by atoms with Crippen molar-refractivity contribution in [3.05, 3.63) is 58.1 Å². The molecule has 1 fully saturated rings. The van der Waals surface area contributed by atoms with Crippen LogP contribution in [0.5, 0.6) is 0 Å². The number of rotatable bonds is 2. The van der Waals surface area contributed by atoms with E-state index in [2.05, 4.69) is 11.4 Å². The van der Waals surface area contributed by atoms with E-state index in [4.69, 9.17) is 33.5 Å². The van der Waals surface area contributed by atoms with E-state index >= 15 is 0 Å². The average molecular weight is 358 g/mol. The first kappa shape index (κ1) is 15.4. The minimum absolute atomic E-state index is 0.0326. The van der Waals surface area contributed by atoms with Crippen molar-refractivity contribution in [1.82, 2.24) is 5.32 Å². The second-order valence-corrected chi connectivity index (χ2v) is 7.24. The van der Waals surface area contributed by atoms with Gasteiger partial charge in [0.15, 0.2) is 0 Å². The molecule has 1 aliphatic heterocycles. The van der Waals surface area contributed by atoms with Gasteiger partial charge in [-0.2, -0.15) is 5.26 Å². The molecule has 120 valence electrons. The van der Waals surface area contributed by atoms with Gasteiger partial charge in [-0.1, -0.05) is 17.7 Å². The molecule has 1 saturated carbocycles. The lowest BCUT2D eigenvalue weighted by molar-refractivity contribution is -0.121. The number of amides is 1. The molecule has 0 spiro atoms. The number of nitriles is 1. The molecule has 24 heavy (non-hydrogen) atoms. The summed E-state index contributed by atoms with van der Waals surface area (Å²) < 4.78 is 0. The lowest BCUT2D eigenvalue weighted by Gasteiger charge is -2.27. The van der Waals surface area contributed by atoms with Crippen LogP contribution in [0.4, 0.5) is 0 Å². The summed E-state index contributed by atoms with van der Waals surface area (Å²) in [7, 11) is 0. The number of carbonyl (C=O) groups excluding carboxylic acids is 1. The van der Waals surface area contributed by atoms with E-state index in [0.717, 1.165) is 11.1 Å². The van der Waals surface area contributed by atoms with Crippen molar-refractivity contribution in [1.29, 1.82) is 5.26 Å². The third-order valence-corrected chi connectivity index (χ3v) is 5.41. The Hall–Kier alpha value is -2.09. The summed E-state index contributed by atoms with van der Waals surface area (Å²) in [6, 6.07) is 9.08. The van der Waals surface area contributed by atoms with Crippen molar-refractivity contribution < 1.29 is 4.79 Å². The van der Waals surface area contributed by atoms with Crippen LogP contribution in [0.3, 0.4) is 0 Å². The molecule has 1 N–H and O–H groups in total. The minimum atomic E-state index is -0.550. The van der Waals surface area contributed by atoms with E-state index in [0.29, 0.717) is 29.3 Å². The van der Waals surface area contributed by atoms with Gasteiger partial charge in [0.05, 0.1) is 28.5 Å². The molecular weight excluding hydrogens is 345 g/mol. The van der Waals surface area contributed by atoms with Crippen LogP contribution in [0.15, 0.2) is 52.0 Å². The van der Waals surface area contributed by atoms with Crippen LogP contribution in [0.2, 0.25) is 0 Å². The zero-order chi connectivity index (χ0) is 16.9. The second-order valence-electron chi connectivity index (χ2n) is 6.23. The summed E-state index contributed by atoms with van der Waals surface area (Å²) in [4.78, 5) is 17.2. The standard InChI is InChI=1S/C18H13Cl2N3O/c19-12-5-6-13(15(20)7-12)18-8-14(18)17(24)22-16(23-18)11-3-1-10(9-21)2-4-11/h1-6,14-15H,7-8H2,(H,22,23,24). The van der Waals surface area contributed by atoms with Crippen molar-refractivity contribution in [2.24, 2.45) is 10.9 Å². The first-order valence-electron chi connectivity index (χ1n) is 7.65. The highest BCUT2D eigenvalue weighted by Gasteiger charge is 2.64. The van der Waals surface area contributed by atoms with Crippen LogP contribution in [0, 0.1) is 17.2 Å². The van der Waals surface area contributed by atoms with Crippen LogP contribution in [-0.2, 0) is 4.79 Å². The van der Waals surface area contributed by atoms with E-state index in [1.54, 1.807) is 24.3 Å². The lowest BCUT2D eigenvalue weighted by atomic mass is 9.92. The monoisotopic (exact) mass is 357 g/mol. The molecule has 3 unspecified atom stereocenters. The van der Waals surface area contributed by atoms with Gasteiger partial charge < -0.3 is 5.32 Å². The van der Waals surface area contributed by atoms with Crippen LogP contribution < -0.4 is 5.32 Å². The molecule has 1 heterocycles. The van der Waals surface area contributed by atoms with Gasteiger partial charge in [-0.25, -0.2) is 0 Å². The quantitative estimate of drug-likeness (QED) is 0.825. The third kappa shape index (κ3) is 2.36. The number of allylic oxidation sites excluding steroid dienone is 3. The minimum Gasteiger partial charge on any atom is -0.310 e. The predicted octanol–water partition coefficient (Wildman–Crippen LogP) is 3.25. The molecule has 4 nitrogen and oxygen atoms in total. The summed E-state index contributed by atoms with van der Waals surface area (Å²) >= 11 is 12.5. The number of aliphatic imine (C=N–C) groups is 1. The topological polar surface area (TPSA) is 65.2 Å². The smallest absolute Gasteiger partial charge is 0.231 e.